The molecule has 1 fully saturated rings. The van der Waals surface area contributed by atoms with E-state index in [1.807, 2.05) is 18.2 Å². The molecule has 1 aliphatic carbocycles. The Balaban J connectivity index is 1.73. The van der Waals surface area contributed by atoms with Crippen LogP contribution in [0.15, 0.2) is 29.8 Å². The molecule has 0 spiro atoms. The van der Waals surface area contributed by atoms with Crippen LogP contribution in [0.25, 0.3) is 0 Å². The first-order valence-corrected chi connectivity index (χ1v) is 8.01. The Hall–Kier alpha value is -1.97. The van der Waals surface area contributed by atoms with Crippen molar-refractivity contribution < 1.29 is 19.0 Å². The van der Waals surface area contributed by atoms with Crippen LogP contribution >= 0.6 is 0 Å². The van der Waals surface area contributed by atoms with E-state index in [1.54, 1.807) is 7.11 Å². The van der Waals surface area contributed by atoms with Crippen LogP contribution in [0, 0.1) is 17.3 Å². The summed E-state index contributed by atoms with van der Waals surface area (Å²) in [4.78, 5) is 12.6. The van der Waals surface area contributed by atoms with E-state index in [0.29, 0.717) is 6.61 Å². The molecule has 4 heteroatoms. The molecule has 23 heavy (non-hydrogen) atoms. The van der Waals surface area contributed by atoms with Crippen molar-refractivity contribution in [3.8, 4) is 11.5 Å². The maximum absolute atomic E-state index is 12.6. The number of hydrogen-bond acceptors (Lipinski definition) is 4. The molecule has 1 heterocycles. The fourth-order valence-electron chi connectivity index (χ4n) is 3.40. The molecule has 1 aromatic carbocycles. The summed E-state index contributed by atoms with van der Waals surface area (Å²) in [5.41, 5.74) is 2.08. The molecule has 1 aliphatic heterocycles. The average Bonchev–Trinajstić information content (AvgIpc) is 2.84. The quantitative estimate of drug-likeness (QED) is 0.624. The molecule has 2 aliphatic rings. The zero-order valence-electron chi connectivity index (χ0n) is 14.4. The highest BCUT2D eigenvalue weighted by Gasteiger charge is 2.61. The molecule has 0 N–H and O–H groups in total. The van der Waals surface area contributed by atoms with Crippen LogP contribution in [0.1, 0.15) is 39.4 Å². The van der Waals surface area contributed by atoms with Gasteiger partial charge in [-0.1, -0.05) is 25.5 Å². The highest BCUT2D eigenvalue weighted by atomic mass is 16.6. The number of fused-ring (bicyclic) bond motifs is 1. The van der Waals surface area contributed by atoms with Gasteiger partial charge in [0.05, 0.1) is 13.0 Å². The van der Waals surface area contributed by atoms with Gasteiger partial charge in [-0.3, -0.25) is 4.79 Å². The number of carbonyl (C=O) groups is 1. The molecular formula is C19H24O4. The molecule has 1 saturated carbocycles. The SMILES string of the molecule is COc1ccc2c(c1)C(OC(=O)[C@H]1[C@H](C=C(C)C)C1(C)C)CO2. The monoisotopic (exact) mass is 316 g/mol. The highest BCUT2D eigenvalue weighted by Crippen LogP contribution is 2.60. The standard InChI is InChI=1S/C19H24O4/c1-11(2)8-14-17(19(14,3)4)18(20)23-16-10-22-15-7-6-12(21-5)9-13(15)16/h6-9,14,16-17H,10H2,1-5H3/t14-,16?,17+/m0/s1. The lowest BCUT2D eigenvalue weighted by molar-refractivity contribution is -0.152. The first-order valence-electron chi connectivity index (χ1n) is 8.01. The number of esters is 1. The third-order valence-electron chi connectivity index (χ3n) is 4.89. The maximum atomic E-state index is 12.6. The van der Waals surface area contributed by atoms with Gasteiger partial charge in [-0.05, 0) is 43.4 Å². The summed E-state index contributed by atoms with van der Waals surface area (Å²) in [5.74, 6) is 1.55. The van der Waals surface area contributed by atoms with Crippen molar-refractivity contribution in [2.45, 2.75) is 33.8 Å². The molecule has 3 rings (SSSR count). The van der Waals surface area contributed by atoms with E-state index in [-0.39, 0.29) is 29.3 Å². The van der Waals surface area contributed by atoms with Crippen LogP contribution in [0.3, 0.4) is 0 Å². The maximum Gasteiger partial charge on any atom is 0.310 e. The second-order valence-electron chi connectivity index (χ2n) is 7.21. The number of ether oxygens (including phenoxy) is 3. The topological polar surface area (TPSA) is 44.8 Å². The van der Waals surface area contributed by atoms with E-state index < -0.39 is 0 Å². The third kappa shape index (κ3) is 2.82. The number of methoxy groups -OCH3 is 1. The van der Waals surface area contributed by atoms with E-state index in [1.165, 1.54) is 5.57 Å². The Kier molecular flexibility index (Phi) is 3.86. The Morgan fingerprint density at radius 1 is 1.35 bits per heavy atom. The Labute approximate surface area is 137 Å². The van der Waals surface area contributed by atoms with Gasteiger partial charge in [0, 0.05) is 5.56 Å². The van der Waals surface area contributed by atoms with Gasteiger partial charge in [0.2, 0.25) is 0 Å². The minimum Gasteiger partial charge on any atom is -0.497 e. The fourth-order valence-corrected chi connectivity index (χ4v) is 3.40. The molecule has 0 bridgehead atoms. The van der Waals surface area contributed by atoms with Gasteiger partial charge < -0.3 is 14.2 Å². The average molecular weight is 316 g/mol. The molecule has 4 nitrogen and oxygen atoms in total. The molecule has 1 aromatic rings. The summed E-state index contributed by atoms with van der Waals surface area (Å²) in [6.07, 6.45) is 1.82. The summed E-state index contributed by atoms with van der Waals surface area (Å²) in [7, 11) is 1.62. The van der Waals surface area contributed by atoms with Crippen molar-refractivity contribution in [1.82, 2.24) is 0 Å². The number of rotatable bonds is 4. The second kappa shape index (κ2) is 5.59. The zero-order chi connectivity index (χ0) is 16.8. The van der Waals surface area contributed by atoms with Gasteiger partial charge in [0.15, 0.2) is 6.10 Å². The minimum absolute atomic E-state index is 0.0367. The molecule has 0 amide bonds. The summed E-state index contributed by atoms with van der Waals surface area (Å²) >= 11 is 0. The molecule has 0 saturated heterocycles. The lowest BCUT2D eigenvalue weighted by atomic mass is 10.1. The van der Waals surface area contributed by atoms with Crippen LogP contribution in [0.5, 0.6) is 11.5 Å². The van der Waals surface area contributed by atoms with Crippen LogP contribution in [-0.4, -0.2) is 19.7 Å². The van der Waals surface area contributed by atoms with Crippen molar-refractivity contribution >= 4 is 5.97 Å². The molecule has 0 radical (unpaired) electrons. The molecule has 124 valence electrons. The van der Waals surface area contributed by atoms with Gasteiger partial charge in [0.1, 0.15) is 18.1 Å². The summed E-state index contributed by atoms with van der Waals surface area (Å²) < 4.78 is 16.6. The van der Waals surface area contributed by atoms with Crippen LogP contribution in [0.4, 0.5) is 0 Å². The van der Waals surface area contributed by atoms with Gasteiger partial charge in [-0.2, -0.15) is 0 Å². The number of carbonyl (C=O) groups excluding carboxylic acids is 1. The van der Waals surface area contributed by atoms with Gasteiger partial charge in [-0.15, -0.1) is 0 Å². The van der Waals surface area contributed by atoms with E-state index >= 15 is 0 Å². The molecular weight excluding hydrogens is 292 g/mol. The van der Waals surface area contributed by atoms with Crippen molar-refractivity contribution in [2.24, 2.45) is 17.3 Å². The molecule has 1 unspecified atom stereocenters. The smallest absolute Gasteiger partial charge is 0.310 e. The lowest BCUT2D eigenvalue weighted by Gasteiger charge is -2.12. The van der Waals surface area contributed by atoms with E-state index in [4.69, 9.17) is 14.2 Å². The predicted molar refractivity (Wildman–Crippen MR) is 87.5 cm³/mol. The van der Waals surface area contributed by atoms with Gasteiger partial charge in [-0.25, -0.2) is 0 Å². The van der Waals surface area contributed by atoms with Crippen molar-refractivity contribution in [3.05, 3.63) is 35.4 Å². The Morgan fingerprint density at radius 3 is 2.74 bits per heavy atom. The highest BCUT2D eigenvalue weighted by molar-refractivity contribution is 5.78. The summed E-state index contributed by atoms with van der Waals surface area (Å²) in [5, 5.41) is 0. The largest absolute Gasteiger partial charge is 0.497 e. The molecule has 3 atom stereocenters. The number of allylic oxidation sites excluding steroid dienone is 2. The van der Waals surface area contributed by atoms with Gasteiger partial charge >= 0.3 is 5.97 Å². The second-order valence-corrected chi connectivity index (χ2v) is 7.21. The van der Waals surface area contributed by atoms with E-state index in [9.17, 15) is 4.79 Å². The van der Waals surface area contributed by atoms with Crippen LogP contribution in [-0.2, 0) is 9.53 Å². The van der Waals surface area contributed by atoms with E-state index in [2.05, 4.69) is 33.8 Å². The Bertz CT molecular complexity index is 655. The van der Waals surface area contributed by atoms with E-state index in [0.717, 1.165) is 17.1 Å². The van der Waals surface area contributed by atoms with Crippen molar-refractivity contribution in [1.29, 1.82) is 0 Å². The summed E-state index contributed by atoms with van der Waals surface area (Å²) in [6, 6.07) is 5.58. The fraction of sp³-hybridized carbons (Fsp3) is 0.526. The summed E-state index contributed by atoms with van der Waals surface area (Å²) in [6.45, 7) is 8.72. The third-order valence-corrected chi connectivity index (χ3v) is 4.89. The minimum atomic E-state index is -0.351. The normalized spacial score (nSPS) is 26.7. The lowest BCUT2D eigenvalue weighted by Crippen LogP contribution is -2.16. The van der Waals surface area contributed by atoms with Crippen LogP contribution in [0.2, 0.25) is 0 Å². The van der Waals surface area contributed by atoms with Crippen molar-refractivity contribution in [2.75, 3.05) is 13.7 Å². The Morgan fingerprint density at radius 2 is 2.09 bits per heavy atom. The first kappa shape index (κ1) is 15.9. The van der Waals surface area contributed by atoms with Gasteiger partial charge in [0.25, 0.3) is 0 Å². The van der Waals surface area contributed by atoms with Crippen molar-refractivity contribution in [3.63, 3.8) is 0 Å². The van der Waals surface area contributed by atoms with Crippen LogP contribution < -0.4 is 9.47 Å². The number of hydrogen-bond donors (Lipinski definition) is 0. The predicted octanol–water partition coefficient (Wildman–Crippen LogP) is 3.91. The first-order chi connectivity index (χ1) is 10.8. The number of benzene rings is 1. The molecule has 0 aromatic heterocycles. The zero-order valence-corrected chi connectivity index (χ0v) is 14.4.